The molecule has 59 heavy (non-hydrogen) atoms. The van der Waals surface area contributed by atoms with Gasteiger partial charge in [0.25, 0.3) is 11.8 Å². The van der Waals surface area contributed by atoms with E-state index in [0.717, 1.165) is 77.7 Å². The molecule has 7 heterocycles. The monoisotopic (exact) mass is 798 g/mol. The number of carbonyl (C=O) groups excluding carboxylic acids is 4. The summed E-state index contributed by atoms with van der Waals surface area (Å²) in [6.07, 6.45) is 12.2. The van der Waals surface area contributed by atoms with Crippen LogP contribution in [0.3, 0.4) is 0 Å². The number of nitrogens with zero attached hydrogens (tertiary/aromatic N) is 8. The van der Waals surface area contributed by atoms with Crippen LogP contribution in [0.1, 0.15) is 64.6 Å². The number of halogens is 1. The Kier molecular flexibility index (Phi) is 9.12. The normalized spacial score (nSPS) is 22.8. The van der Waals surface area contributed by atoms with Gasteiger partial charge in [-0.05, 0) is 79.8 Å². The number of para-hydroxylation sites is 1. The zero-order chi connectivity index (χ0) is 40.4. The zero-order valence-electron chi connectivity index (χ0n) is 32.3. The summed E-state index contributed by atoms with van der Waals surface area (Å²) in [5.41, 5.74) is 8.53. The third-order valence-corrected chi connectivity index (χ3v) is 12.4. The van der Waals surface area contributed by atoms with Crippen LogP contribution in [0.4, 0.5) is 15.9 Å². The lowest BCUT2D eigenvalue weighted by Crippen LogP contribution is -2.69. The molecule has 10 rings (SSSR count). The molecular formula is C43H43FN10O5. The Bertz CT molecular complexity index is 2480. The van der Waals surface area contributed by atoms with Crippen molar-refractivity contribution in [1.29, 1.82) is 0 Å². The van der Waals surface area contributed by atoms with Crippen molar-refractivity contribution in [2.45, 2.75) is 55.9 Å². The summed E-state index contributed by atoms with van der Waals surface area (Å²) in [5.74, 6) is -0.280. The van der Waals surface area contributed by atoms with E-state index in [1.165, 1.54) is 6.33 Å². The second-order valence-corrected chi connectivity index (χ2v) is 16.3. The number of amides is 4. The van der Waals surface area contributed by atoms with E-state index in [9.17, 15) is 19.2 Å². The molecule has 16 heteroatoms. The molecule has 302 valence electrons. The molecule has 3 N–H and O–H groups in total. The Morgan fingerprint density at radius 3 is 2.46 bits per heavy atom. The number of carbonyl (C=O) groups is 4. The highest BCUT2D eigenvalue weighted by molar-refractivity contribution is 6.23. The minimum atomic E-state index is -1.40. The molecule has 1 unspecified atom stereocenters. The molecule has 2 aromatic heterocycles. The van der Waals surface area contributed by atoms with Gasteiger partial charge < -0.3 is 15.4 Å². The first kappa shape index (κ1) is 37.0. The van der Waals surface area contributed by atoms with Gasteiger partial charge in [-0.15, -0.1) is 0 Å². The average Bonchev–Trinajstić information content (AvgIpc) is 3.60. The first-order valence-electron chi connectivity index (χ1n) is 20.2. The van der Waals surface area contributed by atoms with Crippen molar-refractivity contribution in [3.8, 4) is 5.75 Å². The molecule has 1 atom stereocenters. The van der Waals surface area contributed by atoms with Crippen molar-refractivity contribution in [1.82, 2.24) is 39.8 Å². The fourth-order valence-electron chi connectivity index (χ4n) is 9.31. The van der Waals surface area contributed by atoms with E-state index in [2.05, 4.69) is 31.2 Å². The van der Waals surface area contributed by atoms with Gasteiger partial charge in [-0.2, -0.15) is 5.10 Å². The van der Waals surface area contributed by atoms with Gasteiger partial charge in [0.05, 0.1) is 35.6 Å². The number of nitrogens with two attached hydrogens (primary N) is 1. The van der Waals surface area contributed by atoms with Crippen LogP contribution in [0.25, 0.3) is 16.6 Å². The number of imide groups is 2. The number of hydrogen-bond acceptors (Lipinski definition) is 12. The largest absolute Gasteiger partial charge is 0.458 e. The van der Waals surface area contributed by atoms with E-state index >= 15 is 4.39 Å². The predicted octanol–water partition coefficient (Wildman–Crippen LogP) is 3.67. The van der Waals surface area contributed by atoms with Crippen molar-refractivity contribution >= 4 is 51.7 Å². The maximum atomic E-state index is 16.0. The Hall–Kier alpha value is -6.26. The number of anilines is 2. The summed E-state index contributed by atoms with van der Waals surface area (Å²) in [7, 11) is 0. The number of benzene rings is 2. The molecule has 4 amide bonds. The number of allylic oxidation sites excluding steroid dienone is 5. The second-order valence-electron chi connectivity index (χ2n) is 16.3. The van der Waals surface area contributed by atoms with Crippen molar-refractivity contribution in [2.75, 3.05) is 56.4 Å². The van der Waals surface area contributed by atoms with Crippen LogP contribution in [0.2, 0.25) is 0 Å². The number of alkyl halides is 1. The Morgan fingerprint density at radius 2 is 1.68 bits per heavy atom. The first-order chi connectivity index (χ1) is 28.6. The summed E-state index contributed by atoms with van der Waals surface area (Å²) in [4.78, 5) is 66.9. The Balaban J connectivity index is 0.727. The van der Waals surface area contributed by atoms with Crippen LogP contribution in [-0.2, 0) is 9.59 Å². The average molecular weight is 799 g/mol. The molecule has 0 saturated carbocycles. The lowest BCUT2D eigenvalue weighted by atomic mass is 9.91. The van der Waals surface area contributed by atoms with Crippen LogP contribution < -0.4 is 20.7 Å². The predicted molar refractivity (Wildman–Crippen MR) is 216 cm³/mol. The minimum Gasteiger partial charge on any atom is -0.458 e. The van der Waals surface area contributed by atoms with Gasteiger partial charge in [0.1, 0.15) is 35.4 Å². The molecule has 1 aliphatic carbocycles. The van der Waals surface area contributed by atoms with E-state index in [1.54, 1.807) is 18.2 Å². The number of nitrogen functional groups attached to an aromatic ring is 1. The number of piperidine rings is 2. The molecule has 0 bridgehead atoms. The minimum absolute atomic E-state index is 0.0544. The Morgan fingerprint density at radius 1 is 0.898 bits per heavy atom. The molecule has 15 nitrogen and oxygen atoms in total. The van der Waals surface area contributed by atoms with Gasteiger partial charge in [-0.25, -0.2) is 19.0 Å². The molecule has 4 fully saturated rings. The van der Waals surface area contributed by atoms with Gasteiger partial charge in [-0.3, -0.25) is 39.2 Å². The molecule has 5 aliphatic heterocycles. The van der Waals surface area contributed by atoms with Crippen molar-refractivity contribution < 1.29 is 28.3 Å². The smallest absolute Gasteiger partial charge is 0.262 e. The number of hydrogen-bond donors (Lipinski definition) is 2. The highest BCUT2D eigenvalue weighted by atomic mass is 19.1. The molecule has 0 spiro atoms. The number of nitrogens with one attached hydrogen (secondary N) is 1. The highest BCUT2D eigenvalue weighted by Gasteiger charge is 2.49. The van der Waals surface area contributed by atoms with Gasteiger partial charge in [0.15, 0.2) is 11.3 Å². The topological polar surface area (TPSA) is 172 Å². The summed E-state index contributed by atoms with van der Waals surface area (Å²) < 4.78 is 24.1. The number of likely N-dealkylation sites (tertiary alicyclic amines) is 2. The van der Waals surface area contributed by atoms with Crippen molar-refractivity contribution in [3.05, 3.63) is 102 Å². The van der Waals surface area contributed by atoms with Crippen LogP contribution in [-0.4, -0.2) is 122 Å². The third-order valence-electron chi connectivity index (χ3n) is 12.4. The van der Waals surface area contributed by atoms with Crippen LogP contribution in [0.5, 0.6) is 5.75 Å². The van der Waals surface area contributed by atoms with E-state index in [1.807, 2.05) is 58.1 Å². The zero-order valence-corrected chi connectivity index (χ0v) is 32.3. The number of ether oxygens (including phenoxy) is 1. The van der Waals surface area contributed by atoms with Crippen molar-refractivity contribution in [2.24, 2.45) is 0 Å². The number of fused-ring (bicyclic) bond motifs is 2. The molecule has 4 saturated heterocycles. The maximum absolute atomic E-state index is 16.0. The van der Waals surface area contributed by atoms with Crippen LogP contribution in [0, 0.1) is 0 Å². The third kappa shape index (κ3) is 6.75. The summed E-state index contributed by atoms with van der Waals surface area (Å²) >= 11 is 0. The van der Waals surface area contributed by atoms with E-state index in [0.29, 0.717) is 30.5 Å². The molecular weight excluding hydrogens is 756 g/mol. The summed E-state index contributed by atoms with van der Waals surface area (Å²) in [6, 6.07) is 14.1. The Labute approximate surface area is 339 Å². The standard InChI is InChI=1S/C43H43FN10O5/c44-43(23-52(24-43)28-10-12-32-33(19-28)42(58)53(41(32)57)34-13-14-35(55)48-40(34)56)22-50-20-29(21-50)51-17-15-27(16-18-51)54-39-36(38(45)46-25-47-39)37(49-54)26-5-4-8-31(11-9-26)59-30-6-2-1-3-7-30/h1-3,5-12,19,25,27,29,34H,4,13-18,20-24H2,(H2,45,46,47)(H,48,55,56). The van der Waals surface area contributed by atoms with E-state index < -0.39 is 35.3 Å². The fourth-order valence-corrected chi connectivity index (χ4v) is 9.31. The van der Waals surface area contributed by atoms with Gasteiger partial charge >= 0.3 is 0 Å². The van der Waals surface area contributed by atoms with Gasteiger partial charge in [0.2, 0.25) is 11.8 Å². The summed E-state index contributed by atoms with van der Waals surface area (Å²) in [5, 5.41) is 8.08. The molecule has 6 aliphatic rings. The van der Waals surface area contributed by atoms with Crippen molar-refractivity contribution in [3.63, 3.8) is 0 Å². The van der Waals surface area contributed by atoms with Gasteiger partial charge in [0, 0.05) is 50.9 Å². The lowest BCUT2D eigenvalue weighted by molar-refractivity contribution is -0.136. The number of aromatic nitrogens is 4. The SMILES string of the molecule is Nc1ncnc2c1c(C1=CCC=C(Oc3ccccc3)C=C1)nn2C1CCN(C2CN(CC3(F)CN(c4ccc5c(c4)C(=O)N(C4CCC(=O)NC4=O)C5=O)C3)C2)CC1. The molecule has 0 radical (unpaired) electrons. The van der Waals surface area contributed by atoms with Crippen LogP contribution in [0.15, 0.2) is 84.9 Å². The summed E-state index contributed by atoms with van der Waals surface area (Å²) in [6.45, 7) is 4.06. The maximum Gasteiger partial charge on any atom is 0.262 e. The van der Waals surface area contributed by atoms with Crippen LogP contribution >= 0.6 is 0 Å². The molecule has 4 aromatic rings. The number of rotatable bonds is 9. The first-order valence-corrected chi connectivity index (χ1v) is 20.2. The highest BCUT2D eigenvalue weighted by Crippen LogP contribution is 2.38. The van der Waals surface area contributed by atoms with E-state index in [4.69, 9.17) is 15.6 Å². The lowest BCUT2D eigenvalue weighted by Gasteiger charge is -2.53. The van der Waals surface area contributed by atoms with E-state index in [-0.39, 0.29) is 43.1 Å². The quantitative estimate of drug-likeness (QED) is 0.236. The fraction of sp³-hybridized carbons (Fsp3) is 0.372. The second kappa shape index (κ2) is 14.5. The van der Waals surface area contributed by atoms with Gasteiger partial charge in [-0.1, -0.05) is 24.3 Å². The molecule has 2 aromatic carbocycles.